The highest BCUT2D eigenvalue weighted by Crippen LogP contribution is 2.34. The van der Waals surface area contributed by atoms with Crippen LogP contribution < -0.4 is 5.73 Å². The summed E-state index contributed by atoms with van der Waals surface area (Å²) in [6.45, 7) is 3.69. The number of carbonyl (C=O) groups excluding carboxylic acids is 1. The Labute approximate surface area is 157 Å². The number of nitrogens with zero attached hydrogens (tertiary/aromatic N) is 1. The van der Waals surface area contributed by atoms with Gasteiger partial charge in [0.1, 0.15) is 0 Å². The topological polar surface area (TPSA) is 89.7 Å². The number of carbonyl (C=O) groups is 1. The van der Waals surface area contributed by atoms with Crippen molar-refractivity contribution < 1.29 is 31.1 Å². The van der Waals surface area contributed by atoms with Gasteiger partial charge in [0.05, 0.1) is 23.1 Å². The fourth-order valence-electron chi connectivity index (χ4n) is 2.14. The molecular weight excluding hydrogens is 397 g/mol. The first-order chi connectivity index (χ1) is 11.3. The first kappa shape index (κ1) is 24.6. The zero-order valence-corrected chi connectivity index (χ0v) is 16.4. The molecule has 0 spiro atoms. The molecule has 0 atom stereocenters. The highest BCUT2D eigenvalue weighted by molar-refractivity contribution is 7.89. The Hall–Kier alpha value is -1.36. The molecule has 0 fully saturated rings. The summed E-state index contributed by atoms with van der Waals surface area (Å²) in [6.07, 6.45) is -4.91. The number of nitrogens with two attached hydrogens (primary N) is 1. The molecule has 0 aliphatic heterocycles. The largest absolute Gasteiger partial charge is 0.465 e. The highest BCUT2D eigenvalue weighted by atomic mass is 35.5. The summed E-state index contributed by atoms with van der Waals surface area (Å²) >= 11 is 0. The van der Waals surface area contributed by atoms with Gasteiger partial charge in [0.15, 0.2) is 0 Å². The third-order valence-corrected chi connectivity index (χ3v) is 5.41. The van der Waals surface area contributed by atoms with E-state index in [9.17, 15) is 26.4 Å². The summed E-state index contributed by atoms with van der Waals surface area (Å²) < 4.78 is 70.0. The van der Waals surface area contributed by atoms with Crippen LogP contribution >= 0.6 is 12.4 Å². The number of ether oxygens (including phenoxy) is 1. The maximum absolute atomic E-state index is 13.2. The van der Waals surface area contributed by atoms with Crippen molar-refractivity contribution in [1.29, 1.82) is 0 Å². The van der Waals surface area contributed by atoms with Crippen LogP contribution in [-0.4, -0.2) is 45.9 Å². The second kappa shape index (κ2) is 8.55. The summed E-state index contributed by atoms with van der Waals surface area (Å²) in [5.74, 6) is -1.20. The molecule has 0 aromatic heterocycles. The van der Waals surface area contributed by atoms with Crippen LogP contribution in [0.4, 0.5) is 13.2 Å². The Bertz CT molecular complexity index is 752. The first-order valence-corrected chi connectivity index (χ1v) is 8.66. The monoisotopic (exact) mass is 418 g/mol. The predicted octanol–water partition coefficient (Wildman–Crippen LogP) is 2.52. The summed E-state index contributed by atoms with van der Waals surface area (Å²) in [7, 11) is -1.99. The van der Waals surface area contributed by atoms with Gasteiger partial charge in [-0.2, -0.15) is 13.2 Å². The van der Waals surface area contributed by atoms with Crippen molar-refractivity contribution in [2.45, 2.75) is 24.9 Å². The van der Waals surface area contributed by atoms with Crippen molar-refractivity contribution in [3.63, 3.8) is 0 Å². The first-order valence-electron chi connectivity index (χ1n) is 7.22. The molecule has 1 aromatic rings. The Morgan fingerprint density at radius 3 is 2.23 bits per heavy atom. The van der Waals surface area contributed by atoms with E-state index < -0.39 is 43.6 Å². The van der Waals surface area contributed by atoms with E-state index >= 15 is 0 Å². The molecule has 0 heterocycles. The second-order valence-electron chi connectivity index (χ2n) is 6.33. The average Bonchev–Trinajstić information content (AvgIpc) is 2.52. The number of hydrogen-bond acceptors (Lipinski definition) is 5. The van der Waals surface area contributed by atoms with Gasteiger partial charge in [0.2, 0.25) is 10.0 Å². The van der Waals surface area contributed by atoms with Gasteiger partial charge in [0, 0.05) is 13.6 Å². The minimum Gasteiger partial charge on any atom is -0.465 e. The van der Waals surface area contributed by atoms with Crippen LogP contribution in [0.3, 0.4) is 0 Å². The van der Waals surface area contributed by atoms with Crippen LogP contribution in [0.25, 0.3) is 0 Å². The van der Waals surface area contributed by atoms with Crippen LogP contribution in [0.1, 0.15) is 29.8 Å². The third-order valence-electron chi connectivity index (χ3n) is 3.61. The van der Waals surface area contributed by atoms with Gasteiger partial charge in [-0.05, 0) is 30.2 Å². The van der Waals surface area contributed by atoms with Gasteiger partial charge >= 0.3 is 12.1 Å². The number of hydrogen-bond donors (Lipinski definition) is 1. The van der Waals surface area contributed by atoms with Crippen molar-refractivity contribution in [2.75, 3.05) is 27.2 Å². The van der Waals surface area contributed by atoms with Crippen molar-refractivity contribution >= 4 is 28.4 Å². The zero-order chi connectivity index (χ0) is 19.6. The molecule has 150 valence electrons. The normalized spacial score (nSPS) is 12.7. The maximum Gasteiger partial charge on any atom is 0.417 e. The SMILES string of the molecule is COC(=O)c1ccc(S(=O)(=O)N(C)CC(C)(C)CN)cc1C(F)(F)F.Cl. The number of halogens is 4. The molecule has 0 radical (unpaired) electrons. The molecule has 0 unspecified atom stereocenters. The van der Waals surface area contributed by atoms with Gasteiger partial charge in [-0.15, -0.1) is 12.4 Å². The average molecular weight is 419 g/mol. The Kier molecular flexibility index (Phi) is 8.11. The van der Waals surface area contributed by atoms with E-state index in [1.807, 2.05) is 0 Å². The molecule has 0 aliphatic rings. The van der Waals surface area contributed by atoms with Crippen LogP contribution in [-0.2, 0) is 20.9 Å². The van der Waals surface area contributed by atoms with Gasteiger partial charge in [-0.1, -0.05) is 13.8 Å². The molecule has 26 heavy (non-hydrogen) atoms. The fraction of sp³-hybridized carbons (Fsp3) is 0.533. The molecule has 0 saturated carbocycles. The molecule has 0 saturated heterocycles. The van der Waals surface area contributed by atoms with Crippen molar-refractivity contribution in [3.8, 4) is 0 Å². The maximum atomic E-state index is 13.2. The van der Waals surface area contributed by atoms with E-state index in [4.69, 9.17) is 5.73 Å². The van der Waals surface area contributed by atoms with Crippen molar-refractivity contribution in [1.82, 2.24) is 4.31 Å². The van der Waals surface area contributed by atoms with E-state index in [0.717, 1.165) is 23.5 Å². The van der Waals surface area contributed by atoms with E-state index in [1.165, 1.54) is 7.05 Å². The Morgan fingerprint density at radius 1 is 1.27 bits per heavy atom. The Balaban J connectivity index is 0.00000625. The fourth-order valence-corrected chi connectivity index (χ4v) is 3.52. The summed E-state index contributed by atoms with van der Waals surface area (Å²) in [5.41, 5.74) is 2.89. The molecule has 1 rings (SSSR count). The highest BCUT2D eigenvalue weighted by Gasteiger charge is 2.37. The lowest BCUT2D eigenvalue weighted by atomic mass is 9.94. The third kappa shape index (κ3) is 5.57. The number of sulfonamides is 1. The molecule has 0 amide bonds. The van der Waals surface area contributed by atoms with Crippen molar-refractivity contribution in [2.24, 2.45) is 11.1 Å². The molecule has 11 heteroatoms. The lowest BCUT2D eigenvalue weighted by molar-refractivity contribution is -0.138. The lowest BCUT2D eigenvalue weighted by Crippen LogP contribution is -2.39. The van der Waals surface area contributed by atoms with Gasteiger partial charge < -0.3 is 10.5 Å². The molecule has 2 N–H and O–H groups in total. The lowest BCUT2D eigenvalue weighted by Gasteiger charge is -2.28. The van der Waals surface area contributed by atoms with E-state index in [0.29, 0.717) is 6.07 Å². The summed E-state index contributed by atoms with van der Waals surface area (Å²) in [5, 5.41) is 0. The van der Waals surface area contributed by atoms with E-state index in [1.54, 1.807) is 13.8 Å². The molecule has 1 aromatic carbocycles. The van der Waals surface area contributed by atoms with Crippen LogP contribution in [0.2, 0.25) is 0 Å². The Morgan fingerprint density at radius 2 is 1.81 bits per heavy atom. The molecule has 0 aliphatic carbocycles. The molecular formula is C15H22ClF3N2O4S. The number of benzene rings is 1. The standard InChI is InChI=1S/C15H21F3N2O4S.ClH/c1-14(2,8-19)9-20(3)25(22,23)10-5-6-11(13(21)24-4)12(7-10)15(16,17)18;/h5-7H,8-9,19H2,1-4H3;1H. The van der Waals surface area contributed by atoms with Gasteiger partial charge in [-0.25, -0.2) is 17.5 Å². The zero-order valence-electron chi connectivity index (χ0n) is 14.8. The molecule has 0 bridgehead atoms. The van der Waals surface area contributed by atoms with E-state index in [-0.39, 0.29) is 25.5 Å². The number of alkyl halides is 3. The minimum absolute atomic E-state index is 0. The summed E-state index contributed by atoms with van der Waals surface area (Å²) in [6, 6.07) is 2.18. The number of methoxy groups -OCH3 is 1. The number of rotatable bonds is 6. The molecule has 6 nitrogen and oxygen atoms in total. The predicted molar refractivity (Wildman–Crippen MR) is 92.7 cm³/mol. The van der Waals surface area contributed by atoms with Gasteiger partial charge in [0.25, 0.3) is 0 Å². The van der Waals surface area contributed by atoms with Crippen LogP contribution in [0.15, 0.2) is 23.1 Å². The quantitative estimate of drug-likeness (QED) is 0.717. The van der Waals surface area contributed by atoms with Crippen molar-refractivity contribution in [3.05, 3.63) is 29.3 Å². The second-order valence-corrected chi connectivity index (χ2v) is 8.37. The minimum atomic E-state index is -4.91. The smallest absolute Gasteiger partial charge is 0.417 e. The van der Waals surface area contributed by atoms with Crippen LogP contribution in [0, 0.1) is 5.41 Å². The van der Waals surface area contributed by atoms with Gasteiger partial charge in [-0.3, -0.25) is 0 Å². The van der Waals surface area contributed by atoms with E-state index in [2.05, 4.69) is 4.74 Å². The summed E-state index contributed by atoms with van der Waals surface area (Å²) in [4.78, 5) is 10.9. The number of esters is 1. The van der Waals surface area contributed by atoms with Crippen LogP contribution in [0.5, 0.6) is 0 Å².